The molecule has 31 heavy (non-hydrogen) atoms. The number of nitrogens with one attached hydrogen (secondary N) is 2. The average Bonchev–Trinajstić information content (AvgIpc) is 2.76. The zero-order valence-electron chi connectivity index (χ0n) is 17.2. The van der Waals surface area contributed by atoms with E-state index >= 15 is 0 Å². The Morgan fingerprint density at radius 2 is 1.90 bits per heavy atom. The molecular weight excluding hydrogens is 468 g/mol. The fraction of sp³-hybridized carbons (Fsp3) is 0.273. The van der Waals surface area contributed by atoms with Gasteiger partial charge in [-0.25, -0.2) is 10.3 Å². The third kappa shape index (κ3) is 7.62. The summed E-state index contributed by atoms with van der Waals surface area (Å²) in [5, 5.41) is 21.4. The van der Waals surface area contributed by atoms with Gasteiger partial charge in [0.25, 0.3) is 5.91 Å². The molecule has 0 aliphatic heterocycles. The first-order valence-corrected chi connectivity index (χ1v) is 10.3. The van der Waals surface area contributed by atoms with E-state index in [2.05, 4.69) is 21.2 Å². The normalized spacial score (nSPS) is 12.8. The third-order valence-electron chi connectivity index (χ3n) is 4.54. The maximum atomic E-state index is 12.5. The molecule has 2 aromatic carbocycles. The highest BCUT2D eigenvalue weighted by molar-refractivity contribution is 9.10. The second-order valence-corrected chi connectivity index (χ2v) is 7.74. The van der Waals surface area contributed by atoms with E-state index in [1.807, 2.05) is 6.92 Å². The third-order valence-corrected chi connectivity index (χ3v) is 5.07. The number of hydrogen-bond donors (Lipinski definition) is 4. The second kappa shape index (κ2) is 12.0. The molecular formula is C22H25BrN2O6. The Balaban J connectivity index is 2.15. The van der Waals surface area contributed by atoms with Crippen LogP contribution in [0.3, 0.4) is 0 Å². The number of anilines is 1. The molecule has 0 saturated carbocycles. The minimum Gasteiger partial charge on any atom is -0.504 e. The van der Waals surface area contributed by atoms with Crippen molar-refractivity contribution in [3.05, 3.63) is 64.7 Å². The van der Waals surface area contributed by atoms with Gasteiger partial charge in [-0.15, -0.1) is 0 Å². The van der Waals surface area contributed by atoms with Gasteiger partial charge in [-0.2, -0.15) is 0 Å². The number of methoxy groups -OCH3 is 1. The lowest BCUT2D eigenvalue weighted by atomic mass is 9.92. The number of ether oxygens (including phenoxy) is 2. The molecule has 2 aromatic rings. The molecule has 166 valence electrons. The molecule has 0 heterocycles. The first-order valence-electron chi connectivity index (χ1n) is 9.54. The van der Waals surface area contributed by atoms with Crippen molar-refractivity contribution in [3.63, 3.8) is 0 Å². The number of amides is 2. The van der Waals surface area contributed by atoms with Crippen molar-refractivity contribution in [2.75, 3.05) is 12.4 Å². The number of allylic oxidation sites excluding steroid dienone is 1. The van der Waals surface area contributed by atoms with Crippen LogP contribution in [0.5, 0.6) is 11.5 Å². The molecule has 2 atom stereocenters. The van der Waals surface area contributed by atoms with Crippen LogP contribution in [0, 0.1) is 5.92 Å². The molecule has 2 rings (SSSR count). The molecule has 0 bridgehead atoms. The van der Waals surface area contributed by atoms with E-state index in [-0.39, 0.29) is 11.7 Å². The van der Waals surface area contributed by atoms with E-state index in [0.29, 0.717) is 29.8 Å². The fourth-order valence-electron chi connectivity index (χ4n) is 2.93. The number of carbonyl (C=O) groups is 2. The highest BCUT2D eigenvalue weighted by Gasteiger charge is 2.24. The second-order valence-electron chi connectivity index (χ2n) is 6.82. The number of hydrogen-bond acceptors (Lipinski definition) is 6. The molecule has 0 aromatic heterocycles. The van der Waals surface area contributed by atoms with Crippen LogP contribution in [-0.2, 0) is 9.53 Å². The molecule has 0 aliphatic carbocycles. The van der Waals surface area contributed by atoms with Gasteiger partial charge in [-0.3, -0.25) is 15.3 Å². The number of halogens is 1. The van der Waals surface area contributed by atoms with Crippen LogP contribution in [0.15, 0.2) is 59.1 Å². The molecule has 2 amide bonds. The fourth-order valence-corrected chi connectivity index (χ4v) is 3.20. The molecule has 0 saturated heterocycles. The zero-order chi connectivity index (χ0) is 22.8. The molecule has 0 unspecified atom stereocenters. The van der Waals surface area contributed by atoms with E-state index in [9.17, 15) is 14.7 Å². The number of rotatable bonds is 9. The van der Waals surface area contributed by atoms with Crippen molar-refractivity contribution >= 4 is 33.6 Å². The van der Waals surface area contributed by atoms with Crippen molar-refractivity contribution in [2.24, 2.45) is 5.92 Å². The maximum absolute atomic E-state index is 12.5. The van der Waals surface area contributed by atoms with Crippen molar-refractivity contribution in [3.8, 4) is 11.5 Å². The predicted molar refractivity (Wildman–Crippen MR) is 119 cm³/mol. The summed E-state index contributed by atoms with van der Waals surface area (Å²) in [6.45, 7) is 1.90. The van der Waals surface area contributed by atoms with Gasteiger partial charge in [0.2, 0.25) is 0 Å². The first-order chi connectivity index (χ1) is 14.8. The summed E-state index contributed by atoms with van der Waals surface area (Å²) in [5.41, 5.74) is 2.71. The molecule has 9 heteroatoms. The highest BCUT2D eigenvalue weighted by Crippen LogP contribution is 2.35. The van der Waals surface area contributed by atoms with Gasteiger partial charge < -0.3 is 14.6 Å². The van der Waals surface area contributed by atoms with Gasteiger partial charge in [-0.05, 0) is 60.7 Å². The molecule has 0 radical (unpaired) electrons. The summed E-state index contributed by atoms with van der Waals surface area (Å²) in [4.78, 5) is 23.6. The summed E-state index contributed by atoms with van der Waals surface area (Å²) in [7, 11) is 1.45. The van der Waals surface area contributed by atoms with E-state index in [1.165, 1.54) is 24.7 Å². The number of benzene rings is 2. The standard InChI is InChI=1S/C22H25BrN2O6/c1-14(5-3-4-6-20(27)25-29)21(15-7-12-19(30-2)18(26)13-15)31-22(28)24-17-10-8-16(23)9-11-17/h4,6-14,21,26,29H,3,5H2,1-2H3,(H,24,28)(H,25,27)/b6-4+/t14-,21-/m0/s1. The largest absolute Gasteiger partial charge is 0.504 e. The minimum atomic E-state index is -0.660. The number of carbonyl (C=O) groups excluding carboxylic acids is 2. The SMILES string of the molecule is COc1ccc([C@@H](OC(=O)Nc2ccc(Br)cc2)[C@@H](C)CC/C=C/C(=O)NO)cc1O. The first kappa shape index (κ1) is 24.2. The Morgan fingerprint density at radius 1 is 1.19 bits per heavy atom. The van der Waals surface area contributed by atoms with Crippen LogP contribution in [0.1, 0.15) is 31.4 Å². The number of phenols is 1. The molecule has 0 fully saturated rings. The number of aromatic hydroxyl groups is 1. The summed E-state index contributed by atoms with van der Waals surface area (Å²) in [5.74, 6) is -0.513. The lowest BCUT2D eigenvalue weighted by molar-refractivity contribution is -0.124. The molecule has 8 nitrogen and oxygen atoms in total. The van der Waals surface area contributed by atoms with Gasteiger partial charge in [0.15, 0.2) is 11.5 Å². The van der Waals surface area contributed by atoms with Gasteiger partial charge in [0, 0.05) is 16.2 Å². The van der Waals surface area contributed by atoms with Crippen LogP contribution >= 0.6 is 15.9 Å². The molecule has 0 spiro atoms. The monoisotopic (exact) mass is 492 g/mol. The van der Waals surface area contributed by atoms with Gasteiger partial charge in [0.05, 0.1) is 7.11 Å². The minimum absolute atomic E-state index is 0.0615. The van der Waals surface area contributed by atoms with Gasteiger partial charge in [-0.1, -0.05) is 35.0 Å². The van der Waals surface area contributed by atoms with Crippen molar-refractivity contribution < 1.29 is 29.4 Å². The predicted octanol–water partition coefficient (Wildman–Crippen LogP) is 4.93. The Bertz CT molecular complexity index is 917. The summed E-state index contributed by atoms with van der Waals surface area (Å²) in [6.07, 6.45) is 2.65. The van der Waals surface area contributed by atoms with Crippen LogP contribution in [0.4, 0.5) is 10.5 Å². The maximum Gasteiger partial charge on any atom is 0.412 e. The summed E-state index contributed by atoms with van der Waals surface area (Å²) < 4.78 is 11.7. The summed E-state index contributed by atoms with van der Waals surface area (Å²) >= 11 is 3.34. The Morgan fingerprint density at radius 3 is 2.52 bits per heavy atom. The van der Waals surface area contributed by atoms with Crippen LogP contribution in [0.2, 0.25) is 0 Å². The number of phenolic OH excluding ortho intramolecular Hbond substituents is 1. The molecule has 4 N–H and O–H groups in total. The zero-order valence-corrected chi connectivity index (χ0v) is 18.8. The quantitative estimate of drug-likeness (QED) is 0.224. The van der Waals surface area contributed by atoms with Crippen LogP contribution in [0.25, 0.3) is 0 Å². The van der Waals surface area contributed by atoms with Gasteiger partial charge in [0.1, 0.15) is 6.10 Å². The Kier molecular flexibility index (Phi) is 9.36. The average molecular weight is 493 g/mol. The van der Waals surface area contributed by atoms with E-state index < -0.39 is 18.1 Å². The van der Waals surface area contributed by atoms with Crippen molar-refractivity contribution in [1.82, 2.24) is 5.48 Å². The highest BCUT2D eigenvalue weighted by atomic mass is 79.9. The Hall–Kier alpha value is -3.04. The van der Waals surface area contributed by atoms with E-state index in [0.717, 1.165) is 4.47 Å². The van der Waals surface area contributed by atoms with E-state index in [1.54, 1.807) is 42.5 Å². The van der Waals surface area contributed by atoms with Crippen molar-refractivity contribution in [2.45, 2.75) is 25.9 Å². The summed E-state index contributed by atoms with van der Waals surface area (Å²) in [6, 6.07) is 11.9. The van der Waals surface area contributed by atoms with Crippen LogP contribution in [-0.4, -0.2) is 29.4 Å². The number of hydroxylamine groups is 1. The lowest BCUT2D eigenvalue weighted by Crippen LogP contribution is -2.22. The van der Waals surface area contributed by atoms with Crippen molar-refractivity contribution in [1.29, 1.82) is 0 Å². The van der Waals surface area contributed by atoms with Gasteiger partial charge >= 0.3 is 6.09 Å². The smallest absolute Gasteiger partial charge is 0.412 e. The molecule has 0 aliphatic rings. The lowest BCUT2D eigenvalue weighted by Gasteiger charge is -2.25. The van der Waals surface area contributed by atoms with E-state index in [4.69, 9.17) is 14.7 Å². The Labute approximate surface area is 189 Å². The topological polar surface area (TPSA) is 117 Å². The van der Waals surface area contributed by atoms with Crippen LogP contribution < -0.4 is 15.5 Å².